The fraction of sp³-hybridized carbons (Fsp3) is 0.375. The van der Waals surface area contributed by atoms with Gasteiger partial charge in [-0.2, -0.15) is 0 Å². The third-order valence-electron chi connectivity index (χ3n) is 1.02. The number of carbonyl (C=O) groups is 3. The lowest BCUT2D eigenvalue weighted by molar-refractivity contribution is -0.152. The molecule has 86 valence electrons. The number of aliphatic carboxylic acids is 3. The van der Waals surface area contributed by atoms with Crippen LogP contribution in [0.1, 0.15) is 13.3 Å². The molecule has 0 heterocycles. The average Bonchev–Trinajstić information content (AvgIpc) is 2.03. The fourth-order valence-electron chi connectivity index (χ4n) is 0.253. The Kier molecular flexibility index (Phi) is 7.80. The minimum atomic E-state index is -1.79. The smallest absolute Gasteiger partial charge is 0.333 e. The highest BCUT2D eigenvalue weighted by molar-refractivity contribution is 5.84. The van der Waals surface area contributed by atoms with E-state index in [2.05, 4.69) is 6.58 Å². The molecule has 0 saturated heterocycles. The van der Waals surface area contributed by atoms with Crippen molar-refractivity contribution in [2.75, 3.05) is 0 Å². The maximum atomic E-state index is 9.72. The summed E-state index contributed by atoms with van der Waals surface area (Å²) >= 11 is 0. The summed E-state index contributed by atoms with van der Waals surface area (Å²) in [4.78, 5) is 29.0. The van der Waals surface area contributed by atoms with Gasteiger partial charge in [0.05, 0.1) is 6.42 Å². The van der Waals surface area contributed by atoms with Gasteiger partial charge in [-0.05, 0) is 6.92 Å². The number of hydrogen-bond donors (Lipinski definition) is 4. The molecule has 0 rings (SSSR count). The summed E-state index contributed by atoms with van der Waals surface area (Å²) in [6.45, 7) is 4.60. The SMILES string of the molecule is C=C(C)C(=O)O.O=C(O)CC(O)C(=O)O. The zero-order valence-corrected chi connectivity index (χ0v) is 8.01. The van der Waals surface area contributed by atoms with Crippen LogP contribution in [0.2, 0.25) is 0 Å². The second kappa shape index (κ2) is 7.51. The zero-order valence-electron chi connectivity index (χ0n) is 8.01. The summed E-state index contributed by atoms with van der Waals surface area (Å²) in [7, 11) is 0. The van der Waals surface area contributed by atoms with Gasteiger partial charge in [-0.15, -0.1) is 0 Å². The Bertz CT molecular complexity index is 256. The van der Waals surface area contributed by atoms with E-state index >= 15 is 0 Å². The summed E-state index contributed by atoms with van der Waals surface area (Å²) in [5, 5.41) is 32.0. The number of aliphatic hydroxyl groups excluding tert-OH is 1. The zero-order chi connectivity index (χ0) is 12.6. The minimum Gasteiger partial charge on any atom is -0.481 e. The Balaban J connectivity index is 0. The van der Waals surface area contributed by atoms with Crippen molar-refractivity contribution in [1.29, 1.82) is 0 Å². The van der Waals surface area contributed by atoms with Gasteiger partial charge in [-0.1, -0.05) is 6.58 Å². The van der Waals surface area contributed by atoms with E-state index in [1.807, 2.05) is 0 Å². The molecule has 0 saturated carbocycles. The number of aliphatic hydroxyl groups is 1. The third-order valence-corrected chi connectivity index (χ3v) is 1.02. The van der Waals surface area contributed by atoms with E-state index in [9.17, 15) is 14.4 Å². The molecule has 7 heteroatoms. The lowest BCUT2D eigenvalue weighted by Crippen LogP contribution is -2.22. The predicted molar refractivity (Wildman–Crippen MR) is 48.3 cm³/mol. The molecule has 1 atom stereocenters. The number of rotatable bonds is 4. The maximum absolute atomic E-state index is 9.72. The van der Waals surface area contributed by atoms with Crippen molar-refractivity contribution in [3.63, 3.8) is 0 Å². The molecule has 0 bridgehead atoms. The van der Waals surface area contributed by atoms with Gasteiger partial charge in [0.1, 0.15) is 0 Å². The molecule has 0 aromatic heterocycles. The molecule has 0 fully saturated rings. The summed E-state index contributed by atoms with van der Waals surface area (Å²) in [5.41, 5.74) is 0.176. The lowest BCUT2D eigenvalue weighted by Gasteiger charge is -1.97. The fourth-order valence-corrected chi connectivity index (χ4v) is 0.253. The molecule has 0 aromatic carbocycles. The van der Waals surface area contributed by atoms with Crippen LogP contribution in [0.3, 0.4) is 0 Å². The summed E-state index contributed by atoms with van der Waals surface area (Å²) < 4.78 is 0. The van der Waals surface area contributed by atoms with Crippen LogP contribution in [0, 0.1) is 0 Å². The first-order valence-electron chi connectivity index (χ1n) is 3.70. The second-order valence-corrected chi connectivity index (χ2v) is 2.54. The topological polar surface area (TPSA) is 132 Å². The number of hydrogen-bond acceptors (Lipinski definition) is 4. The first-order chi connectivity index (χ1) is 6.68. The highest BCUT2D eigenvalue weighted by Gasteiger charge is 2.16. The van der Waals surface area contributed by atoms with Crippen LogP contribution in [0.15, 0.2) is 12.2 Å². The molecule has 0 aliphatic heterocycles. The van der Waals surface area contributed by atoms with E-state index in [-0.39, 0.29) is 5.57 Å². The monoisotopic (exact) mass is 220 g/mol. The number of carboxylic acids is 3. The van der Waals surface area contributed by atoms with Crippen molar-refractivity contribution in [2.24, 2.45) is 0 Å². The van der Waals surface area contributed by atoms with E-state index < -0.39 is 30.4 Å². The maximum Gasteiger partial charge on any atom is 0.333 e. The van der Waals surface area contributed by atoms with Crippen molar-refractivity contribution in [3.8, 4) is 0 Å². The second-order valence-electron chi connectivity index (χ2n) is 2.54. The Morgan fingerprint density at radius 3 is 1.60 bits per heavy atom. The molecular weight excluding hydrogens is 208 g/mol. The predicted octanol–water partition coefficient (Wildman–Crippen LogP) is -0.446. The van der Waals surface area contributed by atoms with Gasteiger partial charge in [0.2, 0.25) is 0 Å². The first kappa shape index (κ1) is 15.6. The normalized spacial score (nSPS) is 10.5. The van der Waals surface area contributed by atoms with E-state index in [1.54, 1.807) is 0 Å². The third kappa shape index (κ3) is 12.1. The molecule has 0 aliphatic rings. The Morgan fingerprint density at radius 2 is 1.53 bits per heavy atom. The van der Waals surface area contributed by atoms with Crippen LogP contribution < -0.4 is 0 Å². The largest absolute Gasteiger partial charge is 0.481 e. The number of carboxylic acid groups (broad SMARTS) is 3. The van der Waals surface area contributed by atoms with E-state index in [0.29, 0.717) is 0 Å². The van der Waals surface area contributed by atoms with Gasteiger partial charge >= 0.3 is 17.9 Å². The van der Waals surface area contributed by atoms with Crippen LogP contribution in [-0.2, 0) is 14.4 Å². The molecule has 0 aliphatic carbocycles. The van der Waals surface area contributed by atoms with Gasteiger partial charge in [-0.3, -0.25) is 4.79 Å². The van der Waals surface area contributed by atoms with Crippen LogP contribution in [0.25, 0.3) is 0 Å². The Hall–Kier alpha value is -1.89. The summed E-state index contributed by atoms with van der Waals surface area (Å²) in [6, 6.07) is 0. The molecule has 0 aromatic rings. The van der Waals surface area contributed by atoms with Gasteiger partial charge in [0.25, 0.3) is 0 Å². The van der Waals surface area contributed by atoms with Crippen molar-refractivity contribution in [2.45, 2.75) is 19.4 Å². The van der Waals surface area contributed by atoms with Crippen LogP contribution in [0.5, 0.6) is 0 Å². The minimum absolute atomic E-state index is 0.176. The van der Waals surface area contributed by atoms with Crippen molar-refractivity contribution in [1.82, 2.24) is 0 Å². The van der Waals surface area contributed by atoms with Gasteiger partial charge in [0, 0.05) is 5.57 Å². The van der Waals surface area contributed by atoms with Gasteiger partial charge in [0.15, 0.2) is 6.10 Å². The Labute approximate surface area is 85.3 Å². The van der Waals surface area contributed by atoms with Crippen molar-refractivity contribution >= 4 is 17.9 Å². The van der Waals surface area contributed by atoms with Gasteiger partial charge < -0.3 is 20.4 Å². The molecule has 4 N–H and O–H groups in total. The van der Waals surface area contributed by atoms with Gasteiger partial charge in [-0.25, -0.2) is 9.59 Å². The van der Waals surface area contributed by atoms with E-state index in [0.717, 1.165) is 0 Å². The molecule has 0 radical (unpaired) electrons. The van der Waals surface area contributed by atoms with Crippen molar-refractivity contribution < 1.29 is 34.8 Å². The molecule has 15 heavy (non-hydrogen) atoms. The first-order valence-corrected chi connectivity index (χ1v) is 3.70. The molecule has 0 amide bonds. The summed E-state index contributed by atoms with van der Waals surface area (Å²) in [5.74, 6) is -3.78. The standard InChI is InChI=1S/C4H6O5.C4H6O2/c5-2(4(8)9)1-3(6)7;1-3(2)4(5)6/h2,5H,1H2,(H,6,7)(H,8,9);1H2,2H3,(H,5,6). The highest BCUT2D eigenvalue weighted by Crippen LogP contribution is 1.89. The quantitative estimate of drug-likeness (QED) is 0.472. The highest BCUT2D eigenvalue weighted by atomic mass is 16.4. The van der Waals surface area contributed by atoms with Crippen LogP contribution >= 0.6 is 0 Å². The van der Waals surface area contributed by atoms with Crippen LogP contribution in [0.4, 0.5) is 0 Å². The molecule has 0 spiro atoms. The lowest BCUT2D eigenvalue weighted by atomic mass is 10.3. The summed E-state index contributed by atoms with van der Waals surface area (Å²) in [6.07, 6.45) is -2.54. The van der Waals surface area contributed by atoms with Crippen LogP contribution in [-0.4, -0.2) is 44.4 Å². The van der Waals surface area contributed by atoms with E-state index in [1.165, 1.54) is 6.92 Å². The molecule has 7 nitrogen and oxygen atoms in total. The molecule has 1 unspecified atom stereocenters. The average molecular weight is 220 g/mol. The Morgan fingerprint density at radius 1 is 1.20 bits per heavy atom. The van der Waals surface area contributed by atoms with E-state index in [4.69, 9.17) is 20.4 Å². The van der Waals surface area contributed by atoms with Crippen molar-refractivity contribution in [3.05, 3.63) is 12.2 Å². The molecular formula is C8H12O7.